The normalized spacial score (nSPS) is 19.1. The predicted molar refractivity (Wildman–Crippen MR) is 84.1 cm³/mol. The summed E-state index contributed by atoms with van der Waals surface area (Å²) in [6, 6.07) is 6.50. The molecule has 2 rings (SSSR count). The Hall–Kier alpha value is -0.900. The molecule has 1 aromatic carbocycles. The van der Waals surface area contributed by atoms with Gasteiger partial charge in [-0.25, -0.2) is 0 Å². The molecule has 1 heterocycles. The molecular weight excluding hydrogens is 248 g/mol. The highest BCUT2D eigenvalue weighted by Gasteiger charge is 2.20. The summed E-state index contributed by atoms with van der Waals surface area (Å²) in [4.78, 5) is 2.34. The van der Waals surface area contributed by atoms with Gasteiger partial charge in [0, 0.05) is 32.7 Å². The van der Waals surface area contributed by atoms with Crippen LogP contribution >= 0.6 is 0 Å². The molecule has 0 saturated carbocycles. The third-order valence-electron chi connectivity index (χ3n) is 4.15. The van der Waals surface area contributed by atoms with Gasteiger partial charge in [-0.2, -0.15) is 0 Å². The Morgan fingerprint density at radius 3 is 2.50 bits per heavy atom. The number of aryl methyl sites for hydroxylation is 1. The summed E-state index contributed by atoms with van der Waals surface area (Å²) in [7, 11) is 0. The smallest absolute Gasteiger partial charge is 0.0919 e. The fraction of sp³-hybridized carbons (Fsp3) is 0.647. The number of rotatable bonds is 3. The highest BCUT2D eigenvalue weighted by molar-refractivity contribution is 5.36. The molecule has 3 nitrogen and oxygen atoms in total. The quantitative estimate of drug-likeness (QED) is 0.888. The van der Waals surface area contributed by atoms with Crippen molar-refractivity contribution in [3.63, 3.8) is 0 Å². The monoisotopic (exact) mass is 276 g/mol. The zero-order valence-electron chi connectivity index (χ0n) is 13.2. The van der Waals surface area contributed by atoms with Crippen molar-refractivity contribution in [2.45, 2.75) is 39.2 Å². The van der Waals surface area contributed by atoms with E-state index in [0.717, 1.165) is 38.3 Å². The lowest BCUT2D eigenvalue weighted by molar-refractivity contribution is 0.105. The summed E-state index contributed by atoms with van der Waals surface area (Å²) in [5, 5.41) is 13.9. The Bertz CT molecular complexity index is 445. The van der Waals surface area contributed by atoms with Crippen LogP contribution in [0.1, 0.15) is 43.6 Å². The number of hydrogen-bond acceptors (Lipinski definition) is 3. The van der Waals surface area contributed by atoms with Gasteiger partial charge in [-0.15, -0.1) is 0 Å². The lowest BCUT2D eigenvalue weighted by Gasteiger charge is -2.30. The van der Waals surface area contributed by atoms with Crippen molar-refractivity contribution in [1.82, 2.24) is 10.2 Å². The SMILES string of the molecule is Cc1ccc(C(C)(C)C)cc1C(O)CN1CCNCC1. The molecule has 0 amide bonds. The van der Waals surface area contributed by atoms with Gasteiger partial charge in [0.2, 0.25) is 0 Å². The molecule has 1 atom stereocenters. The summed E-state index contributed by atoms with van der Waals surface area (Å²) < 4.78 is 0. The van der Waals surface area contributed by atoms with Gasteiger partial charge in [0.05, 0.1) is 6.10 Å². The molecule has 20 heavy (non-hydrogen) atoms. The highest BCUT2D eigenvalue weighted by atomic mass is 16.3. The van der Waals surface area contributed by atoms with Crippen LogP contribution in [-0.2, 0) is 5.41 Å². The van der Waals surface area contributed by atoms with Gasteiger partial charge in [0.15, 0.2) is 0 Å². The van der Waals surface area contributed by atoms with Crippen LogP contribution < -0.4 is 5.32 Å². The zero-order valence-corrected chi connectivity index (χ0v) is 13.2. The predicted octanol–water partition coefficient (Wildman–Crippen LogP) is 2.23. The molecular formula is C17H28N2O. The molecule has 3 heteroatoms. The first kappa shape index (κ1) is 15.5. The summed E-state index contributed by atoms with van der Waals surface area (Å²) in [5.41, 5.74) is 3.67. The van der Waals surface area contributed by atoms with E-state index in [-0.39, 0.29) is 5.41 Å². The van der Waals surface area contributed by atoms with E-state index in [4.69, 9.17) is 0 Å². The number of nitrogens with one attached hydrogen (secondary N) is 1. The first-order chi connectivity index (χ1) is 9.38. The minimum atomic E-state index is -0.393. The minimum absolute atomic E-state index is 0.122. The van der Waals surface area contributed by atoms with Crippen molar-refractivity contribution < 1.29 is 5.11 Å². The molecule has 2 N–H and O–H groups in total. The van der Waals surface area contributed by atoms with E-state index in [1.165, 1.54) is 11.1 Å². The fourth-order valence-electron chi connectivity index (χ4n) is 2.70. The molecule has 1 aliphatic heterocycles. The van der Waals surface area contributed by atoms with E-state index in [1.807, 2.05) is 0 Å². The average Bonchev–Trinajstić information content (AvgIpc) is 2.39. The second-order valence-electron chi connectivity index (χ2n) is 6.89. The van der Waals surface area contributed by atoms with E-state index in [2.05, 4.69) is 56.1 Å². The van der Waals surface area contributed by atoms with Crippen LogP contribution in [0.25, 0.3) is 0 Å². The Kier molecular flexibility index (Phi) is 4.84. The van der Waals surface area contributed by atoms with E-state index >= 15 is 0 Å². The van der Waals surface area contributed by atoms with Crippen LogP contribution in [0.2, 0.25) is 0 Å². The maximum Gasteiger partial charge on any atom is 0.0919 e. The van der Waals surface area contributed by atoms with E-state index in [9.17, 15) is 5.11 Å². The largest absolute Gasteiger partial charge is 0.387 e. The summed E-state index contributed by atoms with van der Waals surface area (Å²) in [6.45, 7) is 13.5. The van der Waals surface area contributed by atoms with Crippen LogP contribution in [0.15, 0.2) is 18.2 Å². The molecule has 0 radical (unpaired) electrons. The number of hydrogen-bond donors (Lipinski definition) is 2. The molecule has 1 unspecified atom stereocenters. The third-order valence-corrected chi connectivity index (χ3v) is 4.15. The van der Waals surface area contributed by atoms with Gasteiger partial charge in [-0.05, 0) is 29.0 Å². The number of β-amino-alcohol motifs (C(OH)–C–C–N with tert-alkyl or cyclic N) is 1. The molecule has 0 bridgehead atoms. The van der Waals surface area contributed by atoms with E-state index in [1.54, 1.807) is 0 Å². The van der Waals surface area contributed by atoms with Crippen LogP contribution in [0.5, 0.6) is 0 Å². The Morgan fingerprint density at radius 1 is 1.25 bits per heavy atom. The van der Waals surface area contributed by atoms with Gasteiger partial charge in [0.1, 0.15) is 0 Å². The van der Waals surface area contributed by atoms with Gasteiger partial charge < -0.3 is 10.4 Å². The van der Waals surface area contributed by atoms with E-state index < -0.39 is 6.10 Å². The lowest BCUT2D eigenvalue weighted by atomic mass is 9.84. The van der Waals surface area contributed by atoms with Crippen molar-refractivity contribution in [2.24, 2.45) is 0 Å². The van der Waals surface area contributed by atoms with Gasteiger partial charge >= 0.3 is 0 Å². The number of piperazine rings is 1. The van der Waals surface area contributed by atoms with Crippen molar-refractivity contribution >= 4 is 0 Å². The highest BCUT2D eigenvalue weighted by Crippen LogP contribution is 2.27. The first-order valence-corrected chi connectivity index (χ1v) is 7.60. The lowest BCUT2D eigenvalue weighted by Crippen LogP contribution is -2.45. The molecule has 112 valence electrons. The molecule has 0 spiro atoms. The van der Waals surface area contributed by atoms with Crippen LogP contribution in [0.3, 0.4) is 0 Å². The molecule has 1 aromatic rings. The number of aliphatic hydroxyl groups excluding tert-OH is 1. The van der Waals surface area contributed by atoms with Crippen LogP contribution in [-0.4, -0.2) is 42.7 Å². The molecule has 0 aromatic heterocycles. The van der Waals surface area contributed by atoms with E-state index in [0.29, 0.717) is 0 Å². The summed E-state index contributed by atoms with van der Waals surface area (Å²) >= 11 is 0. The van der Waals surface area contributed by atoms with Gasteiger partial charge in [0.25, 0.3) is 0 Å². The fourth-order valence-corrected chi connectivity index (χ4v) is 2.70. The number of nitrogens with zero attached hydrogens (tertiary/aromatic N) is 1. The van der Waals surface area contributed by atoms with Crippen molar-refractivity contribution in [2.75, 3.05) is 32.7 Å². The molecule has 1 saturated heterocycles. The van der Waals surface area contributed by atoms with Crippen molar-refractivity contribution in [1.29, 1.82) is 0 Å². The van der Waals surface area contributed by atoms with Crippen LogP contribution in [0.4, 0.5) is 0 Å². The summed E-state index contributed by atoms with van der Waals surface area (Å²) in [6.07, 6.45) is -0.393. The molecule has 0 aliphatic carbocycles. The number of benzene rings is 1. The first-order valence-electron chi connectivity index (χ1n) is 7.60. The second kappa shape index (κ2) is 6.25. The Balaban J connectivity index is 2.13. The minimum Gasteiger partial charge on any atom is -0.387 e. The standard InChI is InChI=1S/C17H28N2O/c1-13-5-6-14(17(2,3)4)11-15(13)16(20)12-19-9-7-18-8-10-19/h5-6,11,16,18,20H,7-10,12H2,1-4H3. The van der Waals surface area contributed by atoms with Gasteiger partial charge in [-0.3, -0.25) is 4.90 Å². The van der Waals surface area contributed by atoms with Crippen molar-refractivity contribution in [3.8, 4) is 0 Å². The Morgan fingerprint density at radius 2 is 1.90 bits per heavy atom. The second-order valence-corrected chi connectivity index (χ2v) is 6.89. The Labute approximate surface area is 123 Å². The average molecular weight is 276 g/mol. The summed E-state index contributed by atoms with van der Waals surface area (Å²) in [5.74, 6) is 0. The molecule has 1 fully saturated rings. The maximum absolute atomic E-state index is 10.6. The zero-order chi connectivity index (χ0) is 14.8. The van der Waals surface area contributed by atoms with Crippen LogP contribution in [0, 0.1) is 6.92 Å². The van der Waals surface area contributed by atoms with Gasteiger partial charge in [-0.1, -0.05) is 39.0 Å². The topological polar surface area (TPSA) is 35.5 Å². The molecule has 1 aliphatic rings. The van der Waals surface area contributed by atoms with Crippen molar-refractivity contribution in [3.05, 3.63) is 34.9 Å². The number of aliphatic hydroxyl groups is 1. The third kappa shape index (κ3) is 3.81. The maximum atomic E-state index is 10.6.